The summed E-state index contributed by atoms with van der Waals surface area (Å²) in [7, 11) is 0. The maximum absolute atomic E-state index is 12.9. The fourth-order valence-electron chi connectivity index (χ4n) is 3.95. The van der Waals surface area contributed by atoms with Crippen molar-refractivity contribution in [2.75, 3.05) is 19.6 Å². The number of rotatable bonds is 6. The van der Waals surface area contributed by atoms with Gasteiger partial charge in [-0.25, -0.2) is 4.98 Å². The molecule has 1 atom stereocenters. The van der Waals surface area contributed by atoms with Crippen molar-refractivity contribution >= 4 is 22.2 Å². The molecule has 1 N–H and O–H groups in total. The van der Waals surface area contributed by atoms with E-state index in [1.807, 2.05) is 35.7 Å². The van der Waals surface area contributed by atoms with Crippen LogP contribution in [-0.2, 0) is 11.3 Å². The van der Waals surface area contributed by atoms with E-state index in [-0.39, 0.29) is 17.4 Å². The van der Waals surface area contributed by atoms with Crippen molar-refractivity contribution in [2.24, 2.45) is 11.8 Å². The summed E-state index contributed by atoms with van der Waals surface area (Å²) in [5.41, 5.74) is 2.59. The standard InChI is InChI=1S/C23H28N4O2S/c1-16(2)12-24-22(29)18-9-6-10-26(13-18)14-19-11-21(28)27-20(15-30-23(27)25-19)17-7-4-3-5-8-17/h3-5,7-8,11,15-16,18H,6,9-10,12-14H2,1-2H3,(H,24,29). The number of hydrogen-bond donors (Lipinski definition) is 1. The van der Waals surface area contributed by atoms with Crippen molar-refractivity contribution < 1.29 is 4.79 Å². The fourth-order valence-corrected chi connectivity index (χ4v) is 4.87. The summed E-state index contributed by atoms with van der Waals surface area (Å²) in [6.07, 6.45) is 1.90. The number of aromatic nitrogens is 2. The molecular weight excluding hydrogens is 396 g/mol. The maximum Gasteiger partial charge on any atom is 0.259 e. The second-order valence-electron chi connectivity index (χ2n) is 8.40. The van der Waals surface area contributed by atoms with Crippen LogP contribution < -0.4 is 10.9 Å². The third-order valence-corrected chi connectivity index (χ3v) is 6.30. The summed E-state index contributed by atoms with van der Waals surface area (Å²) >= 11 is 1.48. The summed E-state index contributed by atoms with van der Waals surface area (Å²) in [4.78, 5) is 33.0. The highest BCUT2D eigenvalue weighted by atomic mass is 32.1. The lowest BCUT2D eigenvalue weighted by Gasteiger charge is -2.31. The molecular formula is C23H28N4O2S. The van der Waals surface area contributed by atoms with Crippen molar-refractivity contribution in [1.29, 1.82) is 0 Å². The van der Waals surface area contributed by atoms with E-state index in [1.54, 1.807) is 10.5 Å². The van der Waals surface area contributed by atoms with Crippen molar-refractivity contribution in [2.45, 2.75) is 33.2 Å². The lowest BCUT2D eigenvalue weighted by molar-refractivity contribution is -0.126. The van der Waals surface area contributed by atoms with Crippen LogP contribution in [0.4, 0.5) is 0 Å². The first kappa shape index (κ1) is 20.8. The molecule has 158 valence electrons. The Morgan fingerprint density at radius 3 is 2.87 bits per heavy atom. The Morgan fingerprint density at radius 2 is 2.10 bits per heavy atom. The number of nitrogens with zero attached hydrogens (tertiary/aromatic N) is 3. The number of hydrogen-bond acceptors (Lipinski definition) is 5. The number of amides is 1. The summed E-state index contributed by atoms with van der Waals surface area (Å²) in [5, 5.41) is 5.04. The number of fused-ring (bicyclic) bond motifs is 1. The van der Waals surface area contributed by atoms with Gasteiger partial charge < -0.3 is 5.32 Å². The Kier molecular flexibility index (Phi) is 6.29. The summed E-state index contributed by atoms with van der Waals surface area (Å²) in [6.45, 7) is 7.15. The van der Waals surface area contributed by atoms with Gasteiger partial charge in [-0.05, 0) is 30.9 Å². The molecule has 0 saturated carbocycles. The van der Waals surface area contributed by atoms with Crippen molar-refractivity contribution in [3.63, 3.8) is 0 Å². The lowest BCUT2D eigenvalue weighted by Crippen LogP contribution is -2.43. The molecule has 2 aromatic heterocycles. The van der Waals surface area contributed by atoms with Gasteiger partial charge >= 0.3 is 0 Å². The van der Waals surface area contributed by atoms with E-state index in [0.29, 0.717) is 30.5 Å². The highest BCUT2D eigenvalue weighted by Crippen LogP contribution is 2.24. The van der Waals surface area contributed by atoms with Crippen molar-refractivity contribution in [3.8, 4) is 11.3 Å². The molecule has 4 rings (SSSR count). The van der Waals surface area contributed by atoms with Crippen LogP contribution in [0.25, 0.3) is 16.2 Å². The average molecular weight is 425 g/mol. The normalized spacial score (nSPS) is 17.5. The number of carbonyl (C=O) groups is 1. The van der Waals surface area contributed by atoms with Gasteiger partial charge in [0, 0.05) is 31.1 Å². The van der Waals surface area contributed by atoms with Crippen LogP contribution in [0.15, 0.2) is 46.6 Å². The van der Waals surface area contributed by atoms with Crippen molar-refractivity contribution in [3.05, 3.63) is 57.8 Å². The van der Waals surface area contributed by atoms with Gasteiger partial charge in [-0.2, -0.15) is 0 Å². The first-order valence-corrected chi connectivity index (χ1v) is 11.4. The molecule has 3 aromatic rings. The van der Waals surface area contributed by atoms with E-state index in [9.17, 15) is 9.59 Å². The molecule has 0 aliphatic carbocycles. The second kappa shape index (κ2) is 9.10. The predicted molar refractivity (Wildman–Crippen MR) is 121 cm³/mol. The molecule has 1 aliphatic rings. The molecule has 1 amide bonds. The van der Waals surface area contributed by atoms with E-state index >= 15 is 0 Å². The van der Waals surface area contributed by atoms with Crippen LogP contribution in [0.3, 0.4) is 0 Å². The second-order valence-corrected chi connectivity index (χ2v) is 9.24. The number of piperidine rings is 1. The number of carbonyl (C=O) groups excluding carboxylic acids is 1. The highest BCUT2D eigenvalue weighted by Gasteiger charge is 2.26. The quantitative estimate of drug-likeness (QED) is 0.659. The first-order chi connectivity index (χ1) is 14.5. The molecule has 1 unspecified atom stereocenters. The molecule has 7 heteroatoms. The van der Waals surface area contributed by atoms with Gasteiger partial charge in [-0.15, -0.1) is 11.3 Å². The minimum Gasteiger partial charge on any atom is -0.356 e. The number of nitrogens with one attached hydrogen (secondary N) is 1. The van der Waals surface area contributed by atoms with E-state index in [0.717, 1.165) is 36.3 Å². The molecule has 1 aromatic carbocycles. The van der Waals surface area contributed by atoms with Crippen LogP contribution >= 0.6 is 11.3 Å². The number of likely N-dealkylation sites (tertiary alicyclic amines) is 1. The van der Waals surface area contributed by atoms with Crippen LogP contribution in [-0.4, -0.2) is 39.8 Å². The van der Waals surface area contributed by atoms with Gasteiger partial charge in [0.25, 0.3) is 5.56 Å². The van der Waals surface area contributed by atoms with E-state index < -0.39 is 0 Å². The SMILES string of the molecule is CC(C)CNC(=O)C1CCCN(Cc2cc(=O)n3c(-c4ccccc4)csc3n2)C1. The molecule has 0 radical (unpaired) electrons. The zero-order chi connectivity index (χ0) is 21.1. The monoisotopic (exact) mass is 424 g/mol. The van der Waals surface area contributed by atoms with Gasteiger partial charge in [0.15, 0.2) is 4.96 Å². The number of benzene rings is 1. The van der Waals surface area contributed by atoms with Crippen molar-refractivity contribution in [1.82, 2.24) is 19.6 Å². The topological polar surface area (TPSA) is 66.7 Å². The van der Waals surface area contributed by atoms with Gasteiger partial charge in [0.05, 0.1) is 17.3 Å². The van der Waals surface area contributed by atoms with Crippen LogP contribution in [0.2, 0.25) is 0 Å². The molecule has 3 heterocycles. The van der Waals surface area contributed by atoms with Crippen LogP contribution in [0.5, 0.6) is 0 Å². The zero-order valence-electron chi connectivity index (χ0n) is 17.5. The lowest BCUT2D eigenvalue weighted by atomic mass is 9.97. The third kappa shape index (κ3) is 4.63. The minimum absolute atomic E-state index is 0.00810. The Morgan fingerprint density at radius 1 is 1.30 bits per heavy atom. The zero-order valence-corrected chi connectivity index (χ0v) is 18.3. The largest absolute Gasteiger partial charge is 0.356 e. The Hall–Kier alpha value is -2.51. The van der Waals surface area contributed by atoms with E-state index in [2.05, 4.69) is 24.1 Å². The van der Waals surface area contributed by atoms with Crippen LogP contribution in [0.1, 0.15) is 32.4 Å². The van der Waals surface area contributed by atoms with E-state index in [4.69, 9.17) is 4.98 Å². The Balaban J connectivity index is 1.49. The molecule has 6 nitrogen and oxygen atoms in total. The van der Waals surface area contributed by atoms with Gasteiger partial charge in [0.1, 0.15) is 0 Å². The fraction of sp³-hybridized carbons (Fsp3) is 0.435. The summed E-state index contributed by atoms with van der Waals surface area (Å²) < 4.78 is 1.68. The predicted octanol–water partition coefficient (Wildman–Crippen LogP) is 3.41. The van der Waals surface area contributed by atoms with Crippen LogP contribution in [0, 0.1) is 11.8 Å². The first-order valence-electron chi connectivity index (χ1n) is 10.6. The summed E-state index contributed by atoms with van der Waals surface area (Å²) in [5.74, 6) is 0.598. The average Bonchev–Trinajstić information content (AvgIpc) is 3.17. The summed E-state index contributed by atoms with van der Waals surface area (Å²) in [6, 6.07) is 11.5. The Bertz CT molecular complexity index is 1070. The van der Waals surface area contributed by atoms with Gasteiger partial charge in [0.2, 0.25) is 5.91 Å². The smallest absolute Gasteiger partial charge is 0.259 e. The molecule has 30 heavy (non-hydrogen) atoms. The molecule has 0 spiro atoms. The highest BCUT2D eigenvalue weighted by molar-refractivity contribution is 7.15. The maximum atomic E-state index is 12.9. The third-order valence-electron chi connectivity index (χ3n) is 5.47. The van der Waals surface area contributed by atoms with Gasteiger partial charge in [-0.3, -0.25) is 18.9 Å². The minimum atomic E-state index is -0.0571. The molecule has 1 aliphatic heterocycles. The molecule has 0 bridgehead atoms. The molecule has 1 fully saturated rings. The van der Waals surface area contributed by atoms with Gasteiger partial charge in [-0.1, -0.05) is 44.2 Å². The molecule has 1 saturated heterocycles. The van der Waals surface area contributed by atoms with E-state index in [1.165, 1.54) is 11.3 Å². The Labute approximate surface area is 180 Å². The number of thiazole rings is 1.